The fourth-order valence-electron chi connectivity index (χ4n) is 2.25. The third kappa shape index (κ3) is 3.53. The number of nitrogens with zero attached hydrogens (tertiary/aromatic N) is 2. The SMILES string of the molecule is O=C1CCN(Cc2ccccc2)CCN1CCF. The van der Waals surface area contributed by atoms with Crippen LogP contribution in [0.5, 0.6) is 0 Å². The Bertz CT molecular complexity index is 383. The molecule has 0 atom stereocenters. The molecule has 0 saturated carbocycles. The maximum absolute atomic E-state index is 12.3. The Kier molecular flexibility index (Phi) is 4.70. The molecule has 1 aliphatic rings. The Morgan fingerprint density at radius 1 is 1.11 bits per heavy atom. The number of rotatable bonds is 4. The number of benzene rings is 1. The average Bonchev–Trinajstić information content (AvgIpc) is 2.56. The molecule has 0 N–H and O–H groups in total. The maximum Gasteiger partial charge on any atom is 0.223 e. The molecule has 98 valence electrons. The van der Waals surface area contributed by atoms with E-state index in [4.69, 9.17) is 0 Å². The molecule has 1 aliphatic heterocycles. The van der Waals surface area contributed by atoms with Gasteiger partial charge in [0.15, 0.2) is 0 Å². The summed E-state index contributed by atoms with van der Waals surface area (Å²) < 4.78 is 12.3. The lowest BCUT2D eigenvalue weighted by Crippen LogP contribution is -2.34. The largest absolute Gasteiger partial charge is 0.339 e. The molecule has 2 rings (SSSR count). The van der Waals surface area contributed by atoms with E-state index in [9.17, 15) is 9.18 Å². The van der Waals surface area contributed by atoms with E-state index in [0.717, 1.165) is 19.6 Å². The van der Waals surface area contributed by atoms with Crippen molar-refractivity contribution in [2.45, 2.75) is 13.0 Å². The van der Waals surface area contributed by atoms with Gasteiger partial charge in [0.2, 0.25) is 5.91 Å². The second-order valence-electron chi connectivity index (χ2n) is 4.58. The molecule has 1 amide bonds. The molecule has 3 nitrogen and oxygen atoms in total. The molecule has 1 aromatic carbocycles. The van der Waals surface area contributed by atoms with E-state index >= 15 is 0 Å². The monoisotopic (exact) mass is 250 g/mol. The number of carbonyl (C=O) groups excluding carboxylic acids is 1. The summed E-state index contributed by atoms with van der Waals surface area (Å²) in [6, 6.07) is 10.2. The van der Waals surface area contributed by atoms with Crippen molar-refractivity contribution in [3.63, 3.8) is 0 Å². The van der Waals surface area contributed by atoms with Gasteiger partial charge in [0.25, 0.3) is 0 Å². The lowest BCUT2D eigenvalue weighted by atomic mass is 10.2. The van der Waals surface area contributed by atoms with E-state index in [0.29, 0.717) is 13.0 Å². The molecule has 0 aromatic heterocycles. The smallest absolute Gasteiger partial charge is 0.223 e. The molecule has 0 bridgehead atoms. The molecule has 1 aromatic rings. The predicted octanol–water partition coefficient (Wildman–Crippen LogP) is 1.69. The van der Waals surface area contributed by atoms with Crippen LogP contribution in [0.1, 0.15) is 12.0 Å². The quantitative estimate of drug-likeness (QED) is 0.812. The number of alkyl halides is 1. The van der Waals surface area contributed by atoms with Gasteiger partial charge in [-0.2, -0.15) is 0 Å². The van der Waals surface area contributed by atoms with E-state index in [1.54, 1.807) is 4.90 Å². The Morgan fingerprint density at radius 3 is 2.61 bits per heavy atom. The molecule has 0 aliphatic carbocycles. The van der Waals surface area contributed by atoms with Crippen LogP contribution in [-0.4, -0.2) is 48.6 Å². The van der Waals surface area contributed by atoms with Crippen LogP contribution >= 0.6 is 0 Å². The molecular weight excluding hydrogens is 231 g/mol. The molecule has 1 saturated heterocycles. The van der Waals surface area contributed by atoms with Gasteiger partial charge in [0, 0.05) is 39.1 Å². The molecule has 0 spiro atoms. The van der Waals surface area contributed by atoms with Crippen LogP contribution in [0.4, 0.5) is 4.39 Å². The summed E-state index contributed by atoms with van der Waals surface area (Å²) in [4.78, 5) is 15.6. The van der Waals surface area contributed by atoms with Crippen molar-refractivity contribution >= 4 is 5.91 Å². The lowest BCUT2D eigenvalue weighted by Gasteiger charge is -2.21. The van der Waals surface area contributed by atoms with Crippen molar-refractivity contribution in [1.82, 2.24) is 9.80 Å². The predicted molar refractivity (Wildman–Crippen MR) is 68.9 cm³/mol. The summed E-state index contributed by atoms with van der Waals surface area (Å²) in [5.41, 5.74) is 1.25. The van der Waals surface area contributed by atoms with Gasteiger partial charge in [-0.25, -0.2) is 4.39 Å². The van der Waals surface area contributed by atoms with Crippen molar-refractivity contribution in [3.05, 3.63) is 35.9 Å². The van der Waals surface area contributed by atoms with E-state index in [2.05, 4.69) is 17.0 Å². The van der Waals surface area contributed by atoms with Crippen molar-refractivity contribution in [1.29, 1.82) is 0 Å². The summed E-state index contributed by atoms with van der Waals surface area (Å²) in [5.74, 6) is 0.0724. The van der Waals surface area contributed by atoms with Gasteiger partial charge < -0.3 is 4.90 Å². The van der Waals surface area contributed by atoms with Crippen molar-refractivity contribution in [2.24, 2.45) is 0 Å². The highest BCUT2D eigenvalue weighted by Gasteiger charge is 2.20. The minimum Gasteiger partial charge on any atom is -0.339 e. The molecule has 4 heteroatoms. The number of hydrogen-bond acceptors (Lipinski definition) is 2. The highest BCUT2D eigenvalue weighted by atomic mass is 19.1. The minimum absolute atomic E-state index is 0.0724. The molecule has 18 heavy (non-hydrogen) atoms. The van der Waals surface area contributed by atoms with Crippen LogP contribution in [0.3, 0.4) is 0 Å². The van der Waals surface area contributed by atoms with Gasteiger partial charge in [-0.15, -0.1) is 0 Å². The lowest BCUT2D eigenvalue weighted by molar-refractivity contribution is -0.130. The van der Waals surface area contributed by atoms with Crippen LogP contribution < -0.4 is 0 Å². The van der Waals surface area contributed by atoms with Crippen LogP contribution in [0, 0.1) is 0 Å². The molecule has 0 unspecified atom stereocenters. The summed E-state index contributed by atoms with van der Waals surface area (Å²) in [6.07, 6.45) is 0.493. The van der Waals surface area contributed by atoms with Gasteiger partial charge in [-0.1, -0.05) is 30.3 Å². The number of amides is 1. The number of hydrogen-bond donors (Lipinski definition) is 0. The number of carbonyl (C=O) groups is 1. The highest BCUT2D eigenvalue weighted by molar-refractivity contribution is 5.76. The maximum atomic E-state index is 12.3. The third-order valence-corrected chi connectivity index (χ3v) is 3.28. The molecule has 1 heterocycles. The molecule has 1 fully saturated rings. The topological polar surface area (TPSA) is 23.6 Å². The van der Waals surface area contributed by atoms with E-state index in [1.807, 2.05) is 18.2 Å². The first kappa shape index (κ1) is 13.0. The first-order valence-electron chi connectivity index (χ1n) is 6.39. The Hall–Kier alpha value is -1.42. The Labute approximate surface area is 107 Å². The zero-order valence-electron chi connectivity index (χ0n) is 10.5. The molecular formula is C14H19FN2O. The zero-order valence-corrected chi connectivity index (χ0v) is 10.5. The Balaban J connectivity index is 1.90. The van der Waals surface area contributed by atoms with Gasteiger partial charge >= 0.3 is 0 Å². The summed E-state index contributed by atoms with van der Waals surface area (Å²) in [5, 5.41) is 0. The van der Waals surface area contributed by atoms with E-state index < -0.39 is 6.67 Å². The second-order valence-corrected chi connectivity index (χ2v) is 4.58. The van der Waals surface area contributed by atoms with Crippen molar-refractivity contribution in [3.8, 4) is 0 Å². The van der Waals surface area contributed by atoms with Crippen LogP contribution in [-0.2, 0) is 11.3 Å². The van der Waals surface area contributed by atoms with Gasteiger partial charge in [-0.3, -0.25) is 9.69 Å². The van der Waals surface area contributed by atoms with Crippen LogP contribution in [0.15, 0.2) is 30.3 Å². The van der Waals surface area contributed by atoms with Crippen LogP contribution in [0.2, 0.25) is 0 Å². The fraction of sp³-hybridized carbons (Fsp3) is 0.500. The Morgan fingerprint density at radius 2 is 1.89 bits per heavy atom. The standard InChI is InChI=1S/C14H19FN2O/c15-7-9-17-11-10-16(8-6-14(17)18)12-13-4-2-1-3-5-13/h1-5H,6-12H2. The summed E-state index contributed by atoms with van der Waals surface area (Å²) in [7, 11) is 0. The minimum atomic E-state index is -0.454. The average molecular weight is 250 g/mol. The van der Waals surface area contributed by atoms with Crippen molar-refractivity contribution in [2.75, 3.05) is 32.9 Å². The van der Waals surface area contributed by atoms with Crippen molar-refractivity contribution < 1.29 is 9.18 Å². The van der Waals surface area contributed by atoms with Crippen LogP contribution in [0.25, 0.3) is 0 Å². The zero-order chi connectivity index (χ0) is 12.8. The highest BCUT2D eigenvalue weighted by Crippen LogP contribution is 2.09. The second kappa shape index (κ2) is 6.50. The van der Waals surface area contributed by atoms with Gasteiger partial charge in [0.1, 0.15) is 6.67 Å². The van der Waals surface area contributed by atoms with Gasteiger partial charge in [0.05, 0.1) is 0 Å². The number of halogens is 1. The first-order valence-corrected chi connectivity index (χ1v) is 6.39. The van der Waals surface area contributed by atoms with E-state index in [1.165, 1.54) is 5.56 Å². The summed E-state index contributed by atoms with van der Waals surface area (Å²) in [6.45, 7) is 2.85. The van der Waals surface area contributed by atoms with E-state index in [-0.39, 0.29) is 12.5 Å². The third-order valence-electron chi connectivity index (χ3n) is 3.28. The normalized spacial score (nSPS) is 17.8. The first-order chi connectivity index (χ1) is 8.79. The van der Waals surface area contributed by atoms with Gasteiger partial charge in [-0.05, 0) is 5.56 Å². The molecule has 0 radical (unpaired) electrons. The summed E-state index contributed by atoms with van der Waals surface area (Å²) >= 11 is 0. The fourth-order valence-corrected chi connectivity index (χ4v) is 2.25.